The lowest BCUT2D eigenvalue weighted by atomic mass is 9.82. The first-order valence-corrected chi connectivity index (χ1v) is 42.9. The summed E-state index contributed by atoms with van der Waals surface area (Å²) in [5.74, 6) is 0. The Hall–Kier alpha value is -15.8. The quantitative estimate of drug-likeness (QED) is 0.122. The molecule has 124 heavy (non-hydrogen) atoms. The minimum atomic E-state index is -0.237. The largest absolute Gasteiger partial charge is 0.456 e. The second-order valence-corrected chi connectivity index (χ2v) is 34.3. The summed E-state index contributed by atoms with van der Waals surface area (Å²) in [6, 6.07) is 155. The molecule has 0 fully saturated rings. The monoisotopic (exact) mass is 1590 g/mol. The van der Waals surface area contributed by atoms with E-state index in [9.17, 15) is 0 Å². The van der Waals surface area contributed by atoms with Gasteiger partial charge in [0.25, 0.3) is 0 Å². The first-order valence-electron chi connectivity index (χ1n) is 42.9. The van der Waals surface area contributed by atoms with Crippen molar-refractivity contribution in [3.63, 3.8) is 0 Å². The van der Waals surface area contributed by atoms with Crippen molar-refractivity contribution >= 4 is 132 Å². The van der Waals surface area contributed by atoms with Gasteiger partial charge in [0.15, 0.2) is 0 Å². The Morgan fingerprint density at radius 3 is 0.911 bits per heavy atom. The molecule has 0 N–H and O–H groups in total. The van der Waals surface area contributed by atoms with Crippen LogP contribution in [0.1, 0.15) is 49.9 Å². The highest BCUT2D eigenvalue weighted by Crippen LogP contribution is 2.55. The molecule has 0 aliphatic heterocycles. The van der Waals surface area contributed by atoms with E-state index in [1.165, 1.54) is 133 Å². The molecule has 0 saturated heterocycles. The Morgan fingerprint density at radius 2 is 0.492 bits per heavy atom. The van der Waals surface area contributed by atoms with E-state index in [0.717, 1.165) is 100 Å². The van der Waals surface area contributed by atoms with Crippen LogP contribution in [0.25, 0.3) is 176 Å². The molecule has 23 aromatic rings. The van der Waals surface area contributed by atoms with Crippen LogP contribution < -0.4 is 9.80 Å². The molecule has 0 saturated carbocycles. The third kappa shape index (κ3) is 11.7. The zero-order valence-electron chi connectivity index (χ0n) is 69.0. The maximum atomic E-state index is 6.16. The molecular weight excluding hydrogens is 1510 g/mol. The van der Waals surface area contributed by atoms with Gasteiger partial charge in [-0.1, -0.05) is 295 Å². The topological polar surface area (TPSA) is 42.6 Å². The Labute approximate surface area is 718 Å². The average molecular weight is 1590 g/mol. The zero-order chi connectivity index (χ0) is 82.5. The molecule has 0 bridgehead atoms. The van der Waals surface area contributed by atoms with Crippen molar-refractivity contribution in [2.24, 2.45) is 0 Å². The van der Waals surface area contributed by atoms with Gasteiger partial charge in [-0.2, -0.15) is 0 Å². The van der Waals surface area contributed by atoms with E-state index >= 15 is 0 Å². The minimum Gasteiger partial charge on any atom is -0.456 e. The first kappa shape index (κ1) is 72.3. The maximum absolute atomic E-state index is 6.16. The molecule has 0 radical (unpaired) electrons. The van der Waals surface area contributed by atoms with Gasteiger partial charge in [0, 0.05) is 99.4 Å². The third-order valence-electron chi connectivity index (χ3n) is 26.6. The van der Waals surface area contributed by atoms with Gasteiger partial charge >= 0.3 is 0 Å². The SMILES string of the molecule is CC1(C)c2cc(N(c3ccc(-c4ccc5oc6ccccc6c5c4)cc3)c3ccc(-c4cccc5ccccc45)cc3)ccc2-c2ccc(-n3c4ccccc4c4ccccc43)cc21.CC1(C)c2cc(N(c3ccc(-c4ccccc4)cc3)c3ccc(-c4ccc5oc6ccccc6c5c4)cc3)ccc2-c2ccc(-n3c4ccccc4c4ccccc43)cc21. The van der Waals surface area contributed by atoms with E-state index in [1.54, 1.807) is 0 Å². The maximum Gasteiger partial charge on any atom is 0.135 e. The van der Waals surface area contributed by atoms with E-state index in [-0.39, 0.29) is 10.8 Å². The van der Waals surface area contributed by atoms with Gasteiger partial charge in [-0.3, -0.25) is 0 Å². The number of aromatic nitrogens is 2. The van der Waals surface area contributed by atoms with Crippen molar-refractivity contribution in [2.75, 3.05) is 9.80 Å². The molecular formula is C118H82N4O2. The van der Waals surface area contributed by atoms with Crippen molar-refractivity contribution in [3.8, 4) is 78.1 Å². The Balaban J connectivity index is 0.000000140. The number of fused-ring (bicyclic) bond motifs is 19. The summed E-state index contributed by atoms with van der Waals surface area (Å²) in [7, 11) is 0. The van der Waals surface area contributed by atoms with E-state index in [1.807, 2.05) is 24.3 Å². The lowest BCUT2D eigenvalue weighted by Gasteiger charge is -2.28. The lowest BCUT2D eigenvalue weighted by Crippen LogP contribution is -2.17. The number of furan rings is 2. The van der Waals surface area contributed by atoms with Crippen molar-refractivity contribution < 1.29 is 8.83 Å². The highest BCUT2D eigenvalue weighted by molar-refractivity contribution is 6.12. The van der Waals surface area contributed by atoms with Crippen molar-refractivity contribution in [3.05, 3.63) is 447 Å². The number of benzene rings is 19. The van der Waals surface area contributed by atoms with Gasteiger partial charge < -0.3 is 27.8 Å². The second kappa shape index (κ2) is 28.5. The Morgan fingerprint density at radius 1 is 0.194 bits per heavy atom. The molecule has 0 amide bonds. The van der Waals surface area contributed by atoms with Crippen LogP contribution in [0, 0.1) is 0 Å². The van der Waals surface area contributed by atoms with E-state index in [0.29, 0.717) is 0 Å². The van der Waals surface area contributed by atoms with Gasteiger partial charge in [-0.25, -0.2) is 0 Å². The van der Waals surface area contributed by atoms with E-state index in [2.05, 4.69) is 447 Å². The highest BCUT2D eigenvalue weighted by atomic mass is 16.3. The number of anilines is 6. The van der Waals surface area contributed by atoms with Crippen LogP contribution in [0.4, 0.5) is 34.1 Å². The molecule has 4 aromatic heterocycles. The van der Waals surface area contributed by atoms with E-state index in [4.69, 9.17) is 8.83 Å². The summed E-state index contributed by atoms with van der Waals surface area (Å²) in [6.45, 7) is 9.53. The molecule has 2 aliphatic rings. The number of rotatable bonds is 12. The molecule has 19 aromatic carbocycles. The lowest BCUT2D eigenvalue weighted by molar-refractivity contribution is 0.660. The van der Waals surface area contributed by atoms with Crippen LogP contribution in [-0.2, 0) is 10.8 Å². The van der Waals surface area contributed by atoms with Crippen LogP contribution in [0.3, 0.4) is 0 Å². The van der Waals surface area contributed by atoms with Crippen molar-refractivity contribution in [1.29, 1.82) is 0 Å². The average Bonchev–Trinajstić information content (AvgIpc) is 1.56. The smallest absolute Gasteiger partial charge is 0.135 e. The minimum absolute atomic E-state index is 0.224. The van der Waals surface area contributed by atoms with Crippen LogP contribution in [-0.4, -0.2) is 9.13 Å². The fourth-order valence-electron chi connectivity index (χ4n) is 20.4. The summed E-state index contributed by atoms with van der Waals surface area (Å²) in [5, 5.41) is 12.2. The van der Waals surface area contributed by atoms with Crippen LogP contribution >= 0.6 is 0 Å². The fraction of sp³-hybridized carbons (Fsp3) is 0.0508. The molecule has 586 valence electrons. The van der Waals surface area contributed by atoms with Crippen LogP contribution in [0.2, 0.25) is 0 Å². The predicted octanol–water partition coefficient (Wildman–Crippen LogP) is 32.7. The summed E-state index contributed by atoms with van der Waals surface area (Å²) in [5.41, 5.74) is 37.1. The highest BCUT2D eigenvalue weighted by Gasteiger charge is 2.39. The predicted molar refractivity (Wildman–Crippen MR) is 520 cm³/mol. The summed E-state index contributed by atoms with van der Waals surface area (Å²) in [4.78, 5) is 4.81. The molecule has 6 nitrogen and oxygen atoms in total. The van der Waals surface area contributed by atoms with Crippen molar-refractivity contribution in [2.45, 2.75) is 38.5 Å². The molecule has 6 heteroatoms. The standard InChI is InChI=1S/C61H42N2O.C57H40N2O/c1-61(2)55-37-45(31-33-49(55)50-34-32-46(38-56(50)61)63-57-19-8-5-15-51(57)52-16-6-9-20-58(52)63)62(44-29-24-41(25-30-44)48-18-11-13-40-12-3-4-14-47(40)48)43-27-22-39(23-28-43)42-26-35-60-54(36-42)53-17-7-10-21-59(53)64-60;1-57(2)51-35-43(29-31-45(51)46-32-30-44(36-52(46)57)59-53-17-9-6-14-47(53)48-15-7-10-18-54(48)59)58(41-25-20-38(21-26-41)37-12-4-3-5-13-37)42-27-22-39(23-28-42)40-24-33-56-50(34-40)49-16-8-11-19-55(49)60-56/h3-38H,1-2H3;3-36H,1-2H3. The molecule has 0 atom stereocenters. The molecule has 2 aliphatic carbocycles. The normalized spacial score (nSPS) is 13.0. The van der Waals surface area contributed by atoms with Gasteiger partial charge in [0.2, 0.25) is 0 Å². The molecule has 25 rings (SSSR count). The summed E-state index contributed by atoms with van der Waals surface area (Å²) in [6.07, 6.45) is 0. The number of hydrogen-bond donors (Lipinski definition) is 0. The number of para-hydroxylation sites is 6. The van der Waals surface area contributed by atoms with Crippen LogP contribution in [0.5, 0.6) is 0 Å². The Bertz CT molecular complexity index is 8110. The van der Waals surface area contributed by atoms with Crippen LogP contribution in [0.15, 0.2) is 433 Å². The third-order valence-corrected chi connectivity index (χ3v) is 26.6. The number of hydrogen-bond acceptors (Lipinski definition) is 4. The molecule has 4 heterocycles. The Kier molecular flexibility index (Phi) is 16.6. The summed E-state index contributed by atoms with van der Waals surface area (Å²) >= 11 is 0. The summed E-state index contributed by atoms with van der Waals surface area (Å²) < 4.78 is 17.2. The molecule has 0 spiro atoms. The number of nitrogens with zero attached hydrogens (tertiary/aromatic N) is 4. The van der Waals surface area contributed by atoms with Gasteiger partial charge in [-0.15, -0.1) is 0 Å². The van der Waals surface area contributed by atoms with Gasteiger partial charge in [0.1, 0.15) is 22.3 Å². The first-order chi connectivity index (χ1) is 61.0. The second-order valence-electron chi connectivity index (χ2n) is 34.3. The van der Waals surface area contributed by atoms with E-state index < -0.39 is 0 Å². The fourth-order valence-corrected chi connectivity index (χ4v) is 20.4. The zero-order valence-corrected chi connectivity index (χ0v) is 69.0. The van der Waals surface area contributed by atoms with Crippen molar-refractivity contribution in [1.82, 2.24) is 9.13 Å². The van der Waals surface area contributed by atoms with Gasteiger partial charge in [-0.05, 0) is 258 Å². The van der Waals surface area contributed by atoms with Gasteiger partial charge in [0.05, 0.1) is 22.1 Å². The molecule has 0 unspecified atom stereocenters.